The molecule has 0 saturated carbocycles. The zero-order valence-electron chi connectivity index (χ0n) is 28.0. The topological polar surface area (TPSA) is 17.1 Å². The van der Waals surface area contributed by atoms with Gasteiger partial charge < -0.3 is 0 Å². The van der Waals surface area contributed by atoms with Gasteiger partial charge in [0.2, 0.25) is 0 Å². The molecule has 0 bridgehead atoms. The highest BCUT2D eigenvalue weighted by molar-refractivity contribution is 5.97. The molecule has 2 aliphatic rings. The fraction of sp³-hybridized carbons (Fsp3) is 0.525. The Morgan fingerprint density at radius 3 is 2.07 bits per heavy atom. The highest BCUT2D eigenvalue weighted by Gasteiger charge is 2.30. The van der Waals surface area contributed by atoms with E-state index in [1.54, 1.807) is 5.57 Å². The van der Waals surface area contributed by atoms with E-state index in [1.807, 2.05) is 6.92 Å². The second-order valence-electron chi connectivity index (χ2n) is 13.9. The van der Waals surface area contributed by atoms with Crippen LogP contribution in [0.4, 0.5) is 0 Å². The number of ketones is 1. The molecular weight excluding hydrogens is 496 g/mol. The summed E-state index contributed by atoms with van der Waals surface area (Å²) >= 11 is 0. The maximum atomic E-state index is 12.2. The van der Waals surface area contributed by atoms with Crippen LogP contribution in [-0.4, -0.2) is 5.78 Å². The Morgan fingerprint density at radius 1 is 0.805 bits per heavy atom. The van der Waals surface area contributed by atoms with Crippen LogP contribution in [0.2, 0.25) is 0 Å². The normalized spacial score (nSPS) is 21.9. The standard InChI is InChI=1S/C40H58O/c1-30(18-13-20-32(3)23-25-36-34(5)22-15-28-39(36,7)8)16-11-12-17-31(2)19-14-21-33(4)24-26-37-35(6)38(41)27-29-40(37,9)10/h13-14,16,18-21,23-26,31H,11-12,15,17,22,27-29H2,1-10H3/b18-13+,19-14+,25-23+,26-24+,30-16-,32-20-,33-21+. The van der Waals surface area contributed by atoms with E-state index in [0.717, 1.165) is 18.4 Å². The monoisotopic (exact) mass is 554 g/mol. The molecule has 0 amide bonds. The van der Waals surface area contributed by atoms with E-state index in [4.69, 9.17) is 0 Å². The van der Waals surface area contributed by atoms with Gasteiger partial charge in [0.05, 0.1) is 0 Å². The van der Waals surface area contributed by atoms with Crippen LogP contribution in [0.5, 0.6) is 0 Å². The van der Waals surface area contributed by atoms with Crippen molar-refractivity contribution in [3.05, 3.63) is 106 Å². The number of hydrogen-bond acceptors (Lipinski definition) is 1. The third-order valence-electron chi connectivity index (χ3n) is 8.94. The lowest BCUT2D eigenvalue weighted by molar-refractivity contribution is -0.116. The summed E-state index contributed by atoms with van der Waals surface area (Å²) in [4.78, 5) is 12.2. The maximum Gasteiger partial charge on any atom is 0.158 e. The van der Waals surface area contributed by atoms with Crippen molar-refractivity contribution in [2.75, 3.05) is 0 Å². The molecule has 2 aliphatic carbocycles. The van der Waals surface area contributed by atoms with Crippen LogP contribution in [0.15, 0.2) is 106 Å². The number of rotatable bonds is 12. The molecule has 0 aromatic heterocycles. The summed E-state index contributed by atoms with van der Waals surface area (Å²) in [6, 6.07) is 0. The Balaban J connectivity index is 1.79. The van der Waals surface area contributed by atoms with Gasteiger partial charge in [0.1, 0.15) is 0 Å². The summed E-state index contributed by atoms with van der Waals surface area (Å²) < 4.78 is 0. The third-order valence-corrected chi connectivity index (χ3v) is 8.94. The van der Waals surface area contributed by atoms with Gasteiger partial charge in [-0.1, -0.05) is 124 Å². The zero-order valence-corrected chi connectivity index (χ0v) is 28.0. The molecule has 2 rings (SSSR count). The first-order chi connectivity index (χ1) is 19.2. The van der Waals surface area contributed by atoms with Crippen LogP contribution >= 0.6 is 0 Å². The van der Waals surface area contributed by atoms with Gasteiger partial charge in [-0.05, 0) is 113 Å². The molecule has 0 fully saturated rings. The van der Waals surface area contributed by atoms with Gasteiger partial charge in [-0.3, -0.25) is 4.79 Å². The summed E-state index contributed by atoms with van der Waals surface area (Å²) in [6.45, 7) is 22.3. The summed E-state index contributed by atoms with van der Waals surface area (Å²) in [7, 11) is 0. The zero-order chi connectivity index (χ0) is 30.6. The largest absolute Gasteiger partial charge is 0.295 e. The Bertz CT molecular complexity index is 1190. The van der Waals surface area contributed by atoms with E-state index in [1.165, 1.54) is 60.0 Å². The van der Waals surface area contributed by atoms with Gasteiger partial charge in [0, 0.05) is 6.42 Å². The second kappa shape index (κ2) is 16.1. The minimum Gasteiger partial charge on any atom is -0.295 e. The van der Waals surface area contributed by atoms with Crippen LogP contribution in [0, 0.1) is 16.7 Å². The van der Waals surface area contributed by atoms with Crippen molar-refractivity contribution in [3.63, 3.8) is 0 Å². The molecule has 0 N–H and O–H groups in total. The van der Waals surface area contributed by atoms with E-state index in [0.29, 0.717) is 23.5 Å². The van der Waals surface area contributed by atoms with E-state index in [9.17, 15) is 4.79 Å². The third kappa shape index (κ3) is 11.6. The van der Waals surface area contributed by atoms with Crippen molar-refractivity contribution in [1.82, 2.24) is 0 Å². The molecule has 0 spiro atoms. The lowest BCUT2D eigenvalue weighted by Crippen LogP contribution is -2.24. The molecule has 224 valence electrons. The molecule has 0 radical (unpaired) electrons. The molecular formula is C40H58O. The molecule has 1 atom stereocenters. The molecule has 41 heavy (non-hydrogen) atoms. The van der Waals surface area contributed by atoms with Crippen molar-refractivity contribution in [3.8, 4) is 0 Å². The van der Waals surface area contributed by atoms with E-state index in [2.05, 4.69) is 129 Å². The first-order valence-electron chi connectivity index (χ1n) is 15.9. The Kier molecular flexibility index (Phi) is 13.6. The molecule has 0 heterocycles. The molecule has 0 aromatic rings. The number of allylic oxidation sites excluding steroid dienone is 18. The fourth-order valence-electron chi connectivity index (χ4n) is 5.99. The second-order valence-corrected chi connectivity index (χ2v) is 13.9. The van der Waals surface area contributed by atoms with E-state index >= 15 is 0 Å². The van der Waals surface area contributed by atoms with Gasteiger partial charge in [-0.25, -0.2) is 0 Å². The number of hydrogen-bond donors (Lipinski definition) is 0. The predicted octanol–water partition coefficient (Wildman–Crippen LogP) is 12.1. The first-order valence-corrected chi connectivity index (χ1v) is 15.9. The molecule has 0 aromatic carbocycles. The Morgan fingerprint density at radius 2 is 1.41 bits per heavy atom. The molecule has 0 aliphatic heterocycles. The quantitative estimate of drug-likeness (QED) is 0.173. The number of unbranched alkanes of at least 4 members (excludes halogenated alkanes) is 1. The Hall–Kier alpha value is -2.67. The van der Waals surface area contributed by atoms with Gasteiger partial charge in [-0.2, -0.15) is 0 Å². The van der Waals surface area contributed by atoms with Crippen LogP contribution in [0.25, 0.3) is 0 Å². The van der Waals surface area contributed by atoms with E-state index < -0.39 is 0 Å². The van der Waals surface area contributed by atoms with Gasteiger partial charge in [0.25, 0.3) is 0 Å². The average Bonchev–Trinajstić information content (AvgIpc) is 2.88. The fourth-order valence-corrected chi connectivity index (χ4v) is 5.99. The van der Waals surface area contributed by atoms with Crippen molar-refractivity contribution in [2.24, 2.45) is 16.7 Å². The average molecular weight is 555 g/mol. The predicted molar refractivity (Wildman–Crippen MR) is 182 cm³/mol. The smallest absolute Gasteiger partial charge is 0.158 e. The number of carbonyl (C=O) groups excluding carboxylic acids is 1. The van der Waals surface area contributed by atoms with Crippen LogP contribution in [-0.2, 0) is 4.79 Å². The van der Waals surface area contributed by atoms with Crippen molar-refractivity contribution in [1.29, 1.82) is 0 Å². The lowest BCUT2D eigenvalue weighted by Gasteiger charge is -2.32. The van der Waals surface area contributed by atoms with Crippen LogP contribution < -0.4 is 0 Å². The summed E-state index contributed by atoms with van der Waals surface area (Å²) in [5, 5.41) is 0. The van der Waals surface area contributed by atoms with Crippen LogP contribution in [0.1, 0.15) is 121 Å². The minimum absolute atomic E-state index is 0.0674. The number of Topliss-reactive ketones (excluding diaryl/α,β-unsaturated/α-hetero) is 1. The molecule has 0 saturated heterocycles. The summed E-state index contributed by atoms with van der Waals surface area (Å²) in [5.74, 6) is 0.847. The SMILES string of the molecule is CC1=C(/C=C/C(C)=C\C=C\C(C)=C/CCCC(C)/C=C/C=C(C)/C=C/C2=C(C)C(=O)CCC2(C)C)C(C)(C)CCC1. The summed E-state index contributed by atoms with van der Waals surface area (Å²) in [5.41, 5.74) is 9.37. The van der Waals surface area contributed by atoms with Gasteiger partial charge >= 0.3 is 0 Å². The van der Waals surface area contributed by atoms with Gasteiger partial charge in [-0.15, -0.1) is 0 Å². The lowest BCUT2D eigenvalue weighted by atomic mass is 9.72. The van der Waals surface area contributed by atoms with Crippen molar-refractivity contribution >= 4 is 5.78 Å². The van der Waals surface area contributed by atoms with Crippen molar-refractivity contribution in [2.45, 2.75) is 121 Å². The summed E-state index contributed by atoms with van der Waals surface area (Å²) in [6.07, 6.45) is 33.5. The highest BCUT2D eigenvalue weighted by Crippen LogP contribution is 2.41. The van der Waals surface area contributed by atoms with Crippen molar-refractivity contribution < 1.29 is 4.79 Å². The number of carbonyl (C=O) groups is 1. The van der Waals surface area contributed by atoms with Crippen LogP contribution in [0.3, 0.4) is 0 Å². The first kappa shape index (κ1) is 34.5. The Labute approximate surface area is 253 Å². The van der Waals surface area contributed by atoms with Gasteiger partial charge in [0.15, 0.2) is 5.78 Å². The maximum absolute atomic E-state index is 12.2. The molecule has 1 nitrogen and oxygen atoms in total. The van der Waals surface area contributed by atoms with E-state index in [-0.39, 0.29) is 5.41 Å². The minimum atomic E-state index is 0.0674. The highest BCUT2D eigenvalue weighted by atomic mass is 16.1. The molecule has 1 unspecified atom stereocenters. The molecule has 1 heteroatoms.